The van der Waals surface area contributed by atoms with Crippen molar-refractivity contribution in [2.24, 2.45) is 0 Å². The normalized spacial score (nSPS) is 11.3. The van der Waals surface area contributed by atoms with E-state index in [1.807, 2.05) is 0 Å². The monoisotopic (exact) mass is 476 g/mol. The van der Waals surface area contributed by atoms with Crippen LogP contribution < -0.4 is 10.1 Å². The van der Waals surface area contributed by atoms with Crippen molar-refractivity contribution in [3.8, 4) is 17.4 Å². The summed E-state index contributed by atoms with van der Waals surface area (Å²) < 4.78 is 43.1. The average molecular weight is 478 g/mol. The van der Waals surface area contributed by atoms with E-state index in [1.54, 1.807) is 0 Å². The molecule has 0 aliphatic rings. The smallest absolute Gasteiger partial charge is 0.417 e. The summed E-state index contributed by atoms with van der Waals surface area (Å²) in [4.78, 5) is 16.0. The van der Waals surface area contributed by atoms with E-state index in [-0.39, 0.29) is 37.9 Å². The number of aromatic nitrogens is 1. The summed E-state index contributed by atoms with van der Waals surface area (Å²) in [5, 5.41) is 12.6. The molecule has 1 aromatic heterocycles. The Balaban J connectivity index is 1.75. The van der Waals surface area contributed by atoms with Gasteiger partial charge >= 0.3 is 6.18 Å². The quantitative estimate of drug-likeness (QED) is 0.433. The Morgan fingerprint density at radius 3 is 2.37 bits per heavy atom. The number of rotatable bonds is 4. The summed E-state index contributed by atoms with van der Waals surface area (Å²) in [6, 6.07) is 8.59. The predicted octanol–water partition coefficient (Wildman–Crippen LogP) is 6.81. The zero-order valence-electron chi connectivity index (χ0n) is 14.6. The van der Waals surface area contributed by atoms with Crippen LogP contribution in [0.5, 0.6) is 17.4 Å². The van der Waals surface area contributed by atoms with Crippen LogP contribution in [-0.4, -0.2) is 16.0 Å². The molecule has 30 heavy (non-hydrogen) atoms. The van der Waals surface area contributed by atoms with Crippen LogP contribution in [-0.2, 0) is 6.18 Å². The van der Waals surface area contributed by atoms with Gasteiger partial charge in [0.2, 0.25) is 5.88 Å². The second kappa shape index (κ2) is 8.59. The first kappa shape index (κ1) is 22.0. The van der Waals surface area contributed by atoms with Crippen molar-refractivity contribution in [3.63, 3.8) is 0 Å². The van der Waals surface area contributed by atoms with Gasteiger partial charge in [0.05, 0.1) is 21.2 Å². The van der Waals surface area contributed by atoms with Gasteiger partial charge in [-0.1, -0.05) is 34.8 Å². The number of ether oxygens (including phenoxy) is 1. The Morgan fingerprint density at radius 1 is 1.03 bits per heavy atom. The summed E-state index contributed by atoms with van der Waals surface area (Å²) in [7, 11) is 0. The molecule has 156 valence electrons. The number of amides is 1. The van der Waals surface area contributed by atoms with Crippen LogP contribution in [0.25, 0.3) is 0 Å². The molecular weight excluding hydrogens is 468 g/mol. The SMILES string of the molecule is O=C(Nc1ccc(Oc2ccc(C(F)(F)F)cn2)c(Cl)c1)c1cc(Cl)cc(Cl)c1O. The van der Waals surface area contributed by atoms with Gasteiger partial charge in [-0.2, -0.15) is 13.2 Å². The number of pyridine rings is 1. The van der Waals surface area contributed by atoms with Gasteiger partial charge in [-0.3, -0.25) is 4.79 Å². The molecule has 0 fully saturated rings. The Kier molecular flexibility index (Phi) is 6.30. The number of hydrogen-bond donors (Lipinski definition) is 2. The standard InChI is InChI=1S/C19H10Cl3F3N2O3/c20-10-5-12(17(28)14(22)6-10)18(29)27-11-2-3-15(13(21)7-11)30-16-4-1-9(8-26-16)19(23,24)25/h1-8,28H,(H,27,29). The Labute approximate surface area is 183 Å². The van der Waals surface area contributed by atoms with E-state index in [0.29, 0.717) is 6.20 Å². The van der Waals surface area contributed by atoms with Crippen molar-refractivity contribution in [3.05, 3.63) is 74.9 Å². The number of anilines is 1. The fourth-order valence-electron chi connectivity index (χ4n) is 2.32. The van der Waals surface area contributed by atoms with E-state index in [4.69, 9.17) is 39.5 Å². The second-order valence-electron chi connectivity index (χ2n) is 5.87. The minimum absolute atomic E-state index is 0.0582. The number of phenolic OH excluding ortho intramolecular Hbond substituents is 1. The maximum absolute atomic E-state index is 12.6. The molecule has 2 N–H and O–H groups in total. The largest absolute Gasteiger partial charge is 0.506 e. The zero-order chi connectivity index (χ0) is 22.1. The van der Waals surface area contributed by atoms with Gasteiger partial charge in [0.15, 0.2) is 0 Å². The molecule has 0 saturated heterocycles. The summed E-state index contributed by atoms with van der Waals surface area (Å²) in [6.45, 7) is 0. The first-order valence-electron chi connectivity index (χ1n) is 8.04. The number of carbonyl (C=O) groups is 1. The molecular formula is C19H10Cl3F3N2O3. The van der Waals surface area contributed by atoms with E-state index < -0.39 is 23.4 Å². The molecule has 3 aromatic rings. The van der Waals surface area contributed by atoms with Crippen molar-refractivity contribution in [2.45, 2.75) is 6.18 Å². The van der Waals surface area contributed by atoms with E-state index in [9.17, 15) is 23.1 Å². The summed E-state index contributed by atoms with van der Waals surface area (Å²) in [5.41, 5.74) is -0.797. The lowest BCUT2D eigenvalue weighted by atomic mass is 10.2. The average Bonchev–Trinajstić information content (AvgIpc) is 2.66. The molecule has 0 saturated carbocycles. The second-order valence-corrected chi connectivity index (χ2v) is 7.12. The Bertz CT molecular complexity index is 1110. The lowest BCUT2D eigenvalue weighted by Crippen LogP contribution is -2.12. The highest BCUT2D eigenvalue weighted by atomic mass is 35.5. The van der Waals surface area contributed by atoms with E-state index in [1.165, 1.54) is 30.3 Å². The lowest BCUT2D eigenvalue weighted by Gasteiger charge is -2.11. The highest BCUT2D eigenvalue weighted by Gasteiger charge is 2.30. The van der Waals surface area contributed by atoms with Crippen molar-refractivity contribution < 1.29 is 27.8 Å². The summed E-state index contributed by atoms with van der Waals surface area (Å²) in [5.74, 6) is -1.11. The van der Waals surface area contributed by atoms with Crippen LogP contribution in [0.2, 0.25) is 15.1 Å². The van der Waals surface area contributed by atoms with Gasteiger partial charge in [0.1, 0.15) is 11.5 Å². The fraction of sp³-hybridized carbons (Fsp3) is 0.0526. The zero-order valence-corrected chi connectivity index (χ0v) is 16.9. The van der Waals surface area contributed by atoms with E-state index in [2.05, 4.69) is 10.3 Å². The molecule has 1 amide bonds. The van der Waals surface area contributed by atoms with Gasteiger partial charge in [0.25, 0.3) is 5.91 Å². The lowest BCUT2D eigenvalue weighted by molar-refractivity contribution is -0.137. The van der Waals surface area contributed by atoms with Crippen molar-refractivity contribution in [2.75, 3.05) is 5.32 Å². The third kappa shape index (κ3) is 5.08. The molecule has 0 spiro atoms. The summed E-state index contributed by atoms with van der Waals surface area (Å²) in [6.07, 6.45) is -3.87. The van der Waals surface area contributed by atoms with Gasteiger partial charge in [-0.15, -0.1) is 0 Å². The number of hydrogen-bond acceptors (Lipinski definition) is 4. The predicted molar refractivity (Wildman–Crippen MR) is 107 cm³/mol. The van der Waals surface area contributed by atoms with Gasteiger partial charge < -0.3 is 15.2 Å². The highest BCUT2D eigenvalue weighted by Crippen LogP contribution is 2.34. The van der Waals surface area contributed by atoms with Crippen LogP contribution in [0.3, 0.4) is 0 Å². The number of halogens is 6. The Hall–Kier alpha value is -2.68. The molecule has 3 rings (SSSR count). The topological polar surface area (TPSA) is 71.5 Å². The molecule has 11 heteroatoms. The van der Waals surface area contributed by atoms with E-state index >= 15 is 0 Å². The molecule has 0 unspecified atom stereocenters. The van der Waals surface area contributed by atoms with Crippen molar-refractivity contribution in [1.29, 1.82) is 0 Å². The molecule has 0 aliphatic carbocycles. The number of aromatic hydroxyl groups is 1. The van der Waals surface area contributed by atoms with Crippen molar-refractivity contribution >= 4 is 46.4 Å². The number of phenols is 1. The third-order valence-electron chi connectivity index (χ3n) is 3.74. The number of carbonyl (C=O) groups excluding carboxylic acids is 1. The van der Waals surface area contributed by atoms with Crippen LogP contribution in [0.4, 0.5) is 18.9 Å². The minimum atomic E-state index is -4.51. The first-order chi connectivity index (χ1) is 14.0. The van der Waals surface area contributed by atoms with Crippen LogP contribution in [0, 0.1) is 0 Å². The number of nitrogens with one attached hydrogen (secondary N) is 1. The molecule has 2 aromatic carbocycles. The van der Waals surface area contributed by atoms with E-state index in [0.717, 1.165) is 12.1 Å². The number of benzene rings is 2. The molecule has 0 bridgehead atoms. The molecule has 5 nitrogen and oxygen atoms in total. The Morgan fingerprint density at radius 2 is 1.77 bits per heavy atom. The summed E-state index contributed by atoms with van der Waals surface area (Å²) >= 11 is 17.8. The molecule has 0 atom stereocenters. The third-order valence-corrected chi connectivity index (χ3v) is 4.54. The van der Waals surface area contributed by atoms with Gasteiger partial charge in [0, 0.05) is 23.0 Å². The minimum Gasteiger partial charge on any atom is -0.506 e. The molecule has 0 aliphatic heterocycles. The molecule has 0 radical (unpaired) electrons. The highest BCUT2D eigenvalue weighted by molar-refractivity contribution is 6.36. The van der Waals surface area contributed by atoms with Crippen LogP contribution >= 0.6 is 34.8 Å². The van der Waals surface area contributed by atoms with Crippen LogP contribution in [0.15, 0.2) is 48.7 Å². The van der Waals surface area contributed by atoms with Crippen molar-refractivity contribution in [1.82, 2.24) is 4.98 Å². The fourth-order valence-corrected chi connectivity index (χ4v) is 3.03. The number of alkyl halides is 3. The number of nitrogens with zero attached hydrogens (tertiary/aromatic N) is 1. The van der Waals surface area contributed by atoms with Crippen LogP contribution in [0.1, 0.15) is 15.9 Å². The van der Waals surface area contributed by atoms with Gasteiger partial charge in [-0.05, 0) is 36.4 Å². The first-order valence-corrected chi connectivity index (χ1v) is 9.18. The maximum Gasteiger partial charge on any atom is 0.417 e. The maximum atomic E-state index is 12.6. The van der Waals surface area contributed by atoms with Gasteiger partial charge in [-0.25, -0.2) is 4.98 Å². The molecule has 1 heterocycles.